The lowest BCUT2D eigenvalue weighted by molar-refractivity contribution is 0.476. The highest BCUT2D eigenvalue weighted by Gasteiger charge is 2.27. The number of hydrogen-bond donors (Lipinski definition) is 0. The molecule has 0 unspecified atom stereocenters. The van der Waals surface area contributed by atoms with Gasteiger partial charge in [0, 0.05) is 20.3 Å². The van der Waals surface area contributed by atoms with Crippen LogP contribution in [0.3, 0.4) is 0 Å². The van der Waals surface area contributed by atoms with Gasteiger partial charge in [-0.15, -0.1) is 0 Å². The van der Waals surface area contributed by atoms with Crippen molar-refractivity contribution in [3.05, 3.63) is 142 Å². The monoisotopic (exact) mass is 672 g/mol. The second-order valence-corrected chi connectivity index (χ2v) is 11.8. The van der Waals surface area contributed by atoms with Crippen molar-refractivity contribution >= 4 is 66.0 Å². The van der Waals surface area contributed by atoms with E-state index in [0.717, 1.165) is 77.2 Å². The highest BCUT2D eigenvalue weighted by Crippen LogP contribution is 2.53. The molecule has 0 bridgehead atoms. The summed E-state index contributed by atoms with van der Waals surface area (Å²) in [5, 5.41) is 0. The normalized spacial score (nSPS) is 12.8. The third kappa shape index (κ3) is 4.10. The molecule has 0 radical (unpaired) electrons. The van der Waals surface area contributed by atoms with Gasteiger partial charge in [-0.2, -0.15) is 0 Å². The van der Waals surface area contributed by atoms with Crippen LogP contribution >= 0.6 is 31.9 Å². The van der Waals surface area contributed by atoms with Crippen LogP contribution in [0, 0.1) is 0 Å². The second kappa shape index (κ2) is 10.1. The van der Waals surface area contributed by atoms with Crippen molar-refractivity contribution in [2.45, 2.75) is 0 Å². The summed E-state index contributed by atoms with van der Waals surface area (Å²) >= 11 is 7.79. The largest absolute Gasteiger partial charge is 0.453 e. The number of nitrogens with zero attached hydrogens (tertiary/aromatic N) is 2. The summed E-state index contributed by atoms with van der Waals surface area (Å²) in [6, 6.07) is 45.5. The predicted octanol–water partition coefficient (Wildman–Crippen LogP) is 12.0. The third-order valence-corrected chi connectivity index (χ3v) is 8.89. The number of anilines is 6. The fourth-order valence-corrected chi connectivity index (χ4v) is 6.85. The van der Waals surface area contributed by atoms with E-state index < -0.39 is 0 Å². The lowest BCUT2D eigenvalue weighted by atomic mass is 10.0. The van der Waals surface area contributed by atoms with E-state index in [1.165, 1.54) is 0 Å². The fourth-order valence-electron chi connectivity index (χ4n) is 5.69. The van der Waals surface area contributed by atoms with Gasteiger partial charge >= 0.3 is 0 Å². The zero-order chi connectivity index (χ0) is 28.2. The van der Waals surface area contributed by atoms with Crippen molar-refractivity contribution < 1.29 is 9.47 Å². The Hall–Kier alpha value is -4.52. The molecule has 0 saturated heterocycles. The van der Waals surface area contributed by atoms with Gasteiger partial charge in [0.05, 0.1) is 22.7 Å². The Kier molecular flexibility index (Phi) is 6.05. The molecule has 0 fully saturated rings. The molecule has 42 heavy (non-hydrogen) atoms. The quantitative estimate of drug-likeness (QED) is 0.186. The number of hydrogen-bond acceptors (Lipinski definition) is 4. The maximum Gasteiger partial charge on any atom is 0.151 e. The molecule has 0 amide bonds. The minimum atomic E-state index is 0.834. The minimum absolute atomic E-state index is 0.834. The van der Waals surface area contributed by atoms with Crippen LogP contribution in [0.25, 0.3) is 11.1 Å². The van der Waals surface area contributed by atoms with Crippen LogP contribution in [0.15, 0.2) is 142 Å². The molecule has 0 spiro atoms. The van der Waals surface area contributed by atoms with Crippen LogP contribution in [-0.4, -0.2) is 0 Å². The van der Waals surface area contributed by atoms with Crippen LogP contribution in [-0.2, 0) is 0 Å². The molecule has 8 rings (SSSR count). The minimum Gasteiger partial charge on any atom is -0.453 e. The molecule has 0 aromatic heterocycles. The third-order valence-electron chi connectivity index (χ3n) is 7.58. The molecule has 2 heterocycles. The summed E-state index contributed by atoms with van der Waals surface area (Å²) < 4.78 is 14.4. The maximum atomic E-state index is 6.20. The number of benzene rings is 6. The van der Waals surface area contributed by atoms with Crippen molar-refractivity contribution in [2.75, 3.05) is 9.80 Å². The molecule has 4 nitrogen and oxygen atoms in total. The van der Waals surface area contributed by atoms with E-state index in [0.29, 0.717) is 0 Å². The summed E-state index contributed by atoms with van der Waals surface area (Å²) in [6.45, 7) is 0. The Morgan fingerprint density at radius 2 is 0.690 bits per heavy atom. The van der Waals surface area contributed by atoms with E-state index in [-0.39, 0.29) is 0 Å². The van der Waals surface area contributed by atoms with Gasteiger partial charge in [-0.25, -0.2) is 0 Å². The first kappa shape index (κ1) is 25.2. The van der Waals surface area contributed by atoms with Crippen molar-refractivity contribution in [1.82, 2.24) is 0 Å². The smallest absolute Gasteiger partial charge is 0.151 e. The molecule has 6 aromatic carbocycles. The summed E-state index contributed by atoms with van der Waals surface area (Å²) in [7, 11) is 0. The molecule has 6 heteroatoms. The SMILES string of the molecule is Brc1cc(N2c3ccccc3Oc3ccccc32)ccc1-c1ccc(N2c3ccccc3Oc3ccccc32)cc1Br. The first-order valence-electron chi connectivity index (χ1n) is 13.6. The topological polar surface area (TPSA) is 24.9 Å². The Morgan fingerprint density at radius 1 is 0.381 bits per heavy atom. The summed E-state index contributed by atoms with van der Waals surface area (Å²) in [5.41, 5.74) is 8.30. The Morgan fingerprint density at radius 3 is 1.00 bits per heavy atom. The Labute approximate surface area is 260 Å². The lowest BCUT2D eigenvalue weighted by Crippen LogP contribution is -2.15. The molecular weight excluding hydrogens is 652 g/mol. The van der Waals surface area contributed by atoms with Gasteiger partial charge in [-0.3, -0.25) is 0 Å². The number of fused-ring (bicyclic) bond motifs is 4. The zero-order valence-electron chi connectivity index (χ0n) is 22.2. The van der Waals surface area contributed by atoms with Crippen molar-refractivity contribution in [3.63, 3.8) is 0 Å². The van der Waals surface area contributed by atoms with E-state index in [9.17, 15) is 0 Å². The summed E-state index contributed by atoms with van der Waals surface area (Å²) in [4.78, 5) is 4.49. The average molecular weight is 674 g/mol. The van der Waals surface area contributed by atoms with Gasteiger partial charge in [0.1, 0.15) is 0 Å². The Balaban J connectivity index is 1.19. The highest BCUT2D eigenvalue weighted by atomic mass is 79.9. The van der Waals surface area contributed by atoms with Crippen molar-refractivity contribution in [2.24, 2.45) is 0 Å². The van der Waals surface area contributed by atoms with E-state index in [1.807, 2.05) is 72.8 Å². The van der Waals surface area contributed by atoms with E-state index in [4.69, 9.17) is 9.47 Å². The standard InChI is InChI=1S/C36H22Br2N2O2/c37-27-21-23(39-29-9-1-5-13-33(29)41-34-14-6-2-10-30(34)39)17-19-25(27)26-20-18-24(22-28(26)38)40-31-11-3-7-15-35(31)42-36-16-8-4-12-32(36)40/h1-22H. The predicted molar refractivity (Wildman–Crippen MR) is 177 cm³/mol. The number of ether oxygens (including phenoxy) is 2. The number of halogens is 2. The molecule has 2 aliphatic rings. The number of rotatable bonds is 3. The second-order valence-electron chi connectivity index (χ2n) is 10.1. The average Bonchev–Trinajstić information content (AvgIpc) is 3.02. The van der Waals surface area contributed by atoms with Gasteiger partial charge in [0.15, 0.2) is 23.0 Å². The maximum absolute atomic E-state index is 6.20. The molecule has 0 atom stereocenters. The van der Waals surface area contributed by atoms with Crippen LogP contribution < -0.4 is 19.3 Å². The molecule has 6 aromatic rings. The van der Waals surface area contributed by atoms with Gasteiger partial charge in [-0.05, 0) is 83.9 Å². The van der Waals surface area contributed by atoms with E-state index >= 15 is 0 Å². The molecular formula is C36H22Br2N2O2. The van der Waals surface area contributed by atoms with Gasteiger partial charge in [0.2, 0.25) is 0 Å². The highest BCUT2D eigenvalue weighted by molar-refractivity contribution is 9.11. The first-order valence-corrected chi connectivity index (χ1v) is 15.2. The van der Waals surface area contributed by atoms with Crippen molar-refractivity contribution in [3.8, 4) is 34.1 Å². The van der Waals surface area contributed by atoms with Crippen molar-refractivity contribution in [1.29, 1.82) is 0 Å². The summed E-state index contributed by atoms with van der Waals surface area (Å²) in [5.74, 6) is 3.34. The van der Waals surface area contributed by atoms with Crippen LogP contribution in [0.5, 0.6) is 23.0 Å². The lowest BCUT2D eigenvalue weighted by Gasteiger charge is -2.33. The molecule has 0 aliphatic carbocycles. The number of para-hydroxylation sites is 8. The van der Waals surface area contributed by atoms with E-state index in [2.05, 4.69) is 102 Å². The van der Waals surface area contributed by atoms with Gasteiger partial charge in [-0.1, -0.05) is 92.5 Å². The van der Waals surface area contributed by atoms with Crippen LogP contribution in [0.2, 0.25) is 0 Å². The van der Waals surface area contributed by atoms with Crippen LogP contribution in [0.1, 0.15) is 0 Å². The fraction of sp³-hybridized carbons (Fsp3) is 0. The molecule has 2 aliphatic heterocycles. The van der Waals surface area contributed by atoms with E-state index in [1.54, 1.807) is 0 Å². The Bertz CT molecular complexity index is 1770. The summed E-state index contributed by atoms with van der Waals surface area (Å²) in [6.07, 6.45) is 0. The van der Waals surface area contributed by atoms with Gasteiger partial charge in [0.25, 0.3) is 0 Å². The zero-order valence-corrected chi connectivity index (χ0v) is 25.3. The van der Waals surface area contributed by atoms with Crippen LogP contribution in [0.4, 0.5) is 34.1 Å². The molecule has 0 saturated carbocycles. The van der Waals surface area contributed by atoms with Gasteiger partial charge < -0.3 is 19.3 Å². The first-order chi connectivity index (χ1) is 20.7. The molecule has 0 N–H and O–H groups in total. The molecule has 202 valence electrons.